The molecule has 2 heteroatoms. The first-order valence-electron chi connectivity index (χ1n) is 6.65. The lowest BCUT2D eigenvalue weighted by atomic mass is 10.1. The summed E-state index contributed by atoms with van der Waals surface area (Å²) in [5.74, 6) is 0. The van der Waals surface area contributed by atoms with Crippen LogP contribution in [0.2, 0.25) is 0 Å². The molecule has 0 fully saturated rings. The molecule has 0 amide bonds. The van der Waals surface area contributed by atoms with E-state index in [9.17, 15) is 0 Å². The maximum absolute atomic E-state index is 4.71. The van der Waals surface area contributed by atoms with Crippen LogP contribution >= 0.6 is 24.4 Å². The van der Waals surface area contributed by atoms with E-state index in [1.54, 1.807) is 0 Å². The zero-order chi connectivity index (χ0) is 13.5. The van der Waals surface area contributed by atoms with Crippen LogP contribution in [0.5, 0.6) is 0 Å². The van der Waals surface area contributed by atoms with Crippen molar-refractivity contribution < 1.29 is 0 Å². The number of thioether (sulfide) groups is 1. The summed E-state index contributed by atoms with van der Waals surface area (Å²) in [6.07, 6.45) is 2.13. The normalized spacial score (nSPS) is 14.0. The van der Waals surface area contributed by atoms with Crippen LogP contribution in [0.25, 0.3) is 0 Å². The van der Waals surface area contributed by atoms with E-state index in [-0.39, 0.29) is 0 Å². The standard InChI is InChI=1S/C17H20S2/c1-14(12-15-8-4-2-5-9-15)19-17(18)13-16-10-6-3-7-11-16/h2-11,14,17-18H,12-13H2,1H3/t14-,17-/m0/s1. The number of hydrogen-bond acceptors (Lipinski definition) is 2. The lowest BCUT2D eigenvalue weighted by molar-refractivity contribution is 0.935. The first kappa shape index (κ1) is 14.5. The number of benzene rings is 2. The van der Waals surface area contributed by atoms with Gasteiger partial charge in [-0.3, -0.25) is 0 Å². The van der Waals surface area contributed by atoms with Gasteiger partial charge in [-0.1, -0.05) is 67.6 Å². The SMILES string of the molecule is C[C@@H](Cc1ccccc1)S[C@H](S)Cc1ccccc1. The van der Waals surface area contributed by atoms with Crippen molar-refractivity contribution in [2.75, 3.05) is 0 Å². The third kappa shape index (κ3) is 5.33. The average Bonchev–Trinajstić information content (AvgIpc) is 2.40. The van der Waals surface area contributed by atoms with Gasteiger partial charge in [-0.05, 0) is 24.0 Å². The molecule has 19 heavy (non-hydrogen) atoms. The summed E-state index contributed by atoms with van der Waals surface area (Å²) in [5.41, 5.74) is 2.77. The van der Waals surface area contributed by atoms with Crippen molar-refractivity contribution in [1.82, 2.24) is 0 Å². The van der Waals surface area contributed by atoms with Gasteiger partial charge in [0.25, 0.3) is 0 Å². The van der Waals surface area contributed by atoms with Crippen LogP contribution in [0.3, 0.4) is 0 Å². The molecule has 0 saturated heterocycles. The predicted molar refractivity (Wildman–Crippen MR) is 90.1 cm³/mol. The fourth-order valence-corrected chi connectivity index (χ4v) is 4.07. The molecule has 0 bridgehead atoms. The van der Waals surface area contributed by atoms with Gasteiger partial charge in [0.15, 0.2) is 0 Å². The van der Waals surface area contributed by atoms with Gasteiger partial charge in [-0.2, -0.15) is 12.6 Å². The van der Waals surface area contributed by atoms with Crippen LogP contribution in [0.4, 0.5) is 0 Å². The highest BCUT2D eigenvalue weighted by Crippen LogP contribution is 2.26. The van der Waals surface area contributed by atoms with Gasteiger partial charge in [0.2, 0.25) is 0 Å². The van der Waals surface area contributed by atoms with Crippen LogP contribution in [-0.2, 0) is 12.8 Å². The summed E-state index contributed by atoms with van der Waals surface area (Å²) in [6.45, 7) is 2.28. The first-order valence-corrected chi connectivity index (χ1v) is 8.11. The Morgan fingerprint density at radius 2 is 1.32 bits per heavy atom. The molecule has 0 aliphatic rings. The Balaban J connectivity index is 1.80. The summed E-state index contributed by atoms with van der Waals surface area (Å²) in [6, 6.07) is 21.3. The maximum atomic E-state index is 4.71. The Bertz CT molecular complexity index is 422. The third-order valence-electron chi connectivity index (χ3n) is 3.01. The molecule has 0 aliphatic carbocycles. The van der Waals surface area contributed by atoms with Gasteiger partial charge in [-0.25, -0.2) is 0 Å². The second kappa shape index (κ2) is 7.66. The molecule has 2 rings (SSSR count). The van der Waals surface area contributed by atoms with Crippen molar-refractivity contribution >= 4 is 24.4 Å². The van der Waals surface area contributed by atoms with Crippen molar-refractivity contribution in [1.29, 1.82) is 0 Å². The fraction of sp³-hybridized carbons (Fsp3) is 0.294. The lowest BCUT2D eigenvalue weighted by Crippen LogP contribution is -2.08. The number of hydrogen-bond donors (Lipinski definition) is 1. The molecule has 100 valence electrons. The van der Waals surface area contributed by atoms with Gasteiger partial charge < -0.3 is 0 Å². The van der Waals surface area contributed by atoms with Crippen molar-refractivity contribution in [3.05, 3.63) is 71.8 Å². The minimum atomic E-state index is 0.362. The highest BCUT2D eigenvalue weighted by molar-refractivity contribution is 8.10. The molecule has 0 nitrogen and oxygen atoms in total. The second-order valence-corrected chi connectivity index (χ2v) is 7.40. The Morgan fingerprint density at radius 3 is 1.84 bits per heavy atom. The van der Waals surface area contributed by atoms with E-state index >= 15 is 0 Å². The topological polar surface area (TPSA) is 0 Å². The largest absolute Gasteiger partial charge is 0.165 e. The second-order valence-electron chi connectivity index (χ2n) is 4.78. The van der Waals surface area contributed by atoms with E-state index in [1.807, 2.05) is 11.8 Å². The molecule has 2 aromatic carbocycles. The fourth-order valence-electron chi connectivity index (χ4n) is 2.13. The zero-order valence-corrected chi connectivity index (χ0v) is 12.9. The number of rotatable bonds is 6. The molecular formula is C17H20S2. The molecule has 0 unspecified atom stereocenters. The van der Waals surface area contributed by atoms with Crippen LogP contribution in [0.1, 0.15) is 18.1 Å². The Morgan fingerprint density at radius 1 is 0.842 bits per heavy atom. The molecule has 0 aromatic heterocycles. The first-order chi connectivity index (χ1) is 9.24. The maximum Gasteiger partial charge on any atom is 0.0515 e. The van der Waals surface area contributed by atoms with Crippen molar-refractivity contribution in [3.63, 3.8) is 0 Å². The van der Waals surface area contributed by atoms with Crippen molar-refractivity contribution in [3.8, 4) is 0 Å². The average molecular weight is 288 g/mol. The summed E-state index contributed by atoms with van der Waals surface area (Å²) >= 11 is 6.66. The van der Waals surface area contributed by atoms with Gasteiger partial charge in [0.05, 0.1) is 4.58 Å². The third-order valence-corrected chi connectivity index (χ3v) is 4.67. The molecule has 0 spiro atoms. The Hall–Kier alpha value is -0.860. The van der Waals surface area contributed by atoms with Crippen LogP contribution in [0, 0.1) is 0 Å². The van der Waals surface area contributed by atoms with E-state index in [0.29, 0.717) is 9.83 Å². The summed E-state index contributed by atoms with van der Waals surface area (Å²) in [4.78, 5) is 0. The molecule has 2 atom stereocenters. The van der Waals surface area contributed by atoms with Gasteiger partial charge in [0.1, 0.15) is 0 Å². The Kier molecular flexibility index (Phi) is 5.87. The molecule has 0 radical (unpaired) electrons. The quantitative estimate of drug-likeness (QED) is 0.585. The lowest BCUT2D eigenvalue weighted by Gasteiger charge is -2.16. The van der Waals surface area contributed by atoms with E-state index in [2.05, 4.69) is 67.6 Å². The molecule has 0 heterocycles. The summed E-state index contributed by atoms with van der Waals surface area (Å²) < 4.78 is 0.362. The molecule has 0 aliphatic heterocycles. The van der Waals surface area contributed by atoms with E-state index in [4.69, 9.17) is 12.6 Å². The van der Waals surface area contributed by atoms with E-state index < -0.39 is 0 Å². The number of thiol groups is 1. The van der Waals surface area contributed by atoms with Gasteiger partial charge in [-0.15, -0.1) is 11.8 Å². The zero-order valence-electron chi connectivity index (χ0n) is 11.2. The smallest absolute Gasteiger partial charge is 0.0515 e. The molecule has 0 N–H and O–H groups in total. The van der Waals surface area contributed by atoms with Gasteiger partial charge >= 0.3 is 0 Å². The van der Waals surface area contributed by atoms with Gasteiger partial charge in [0, 0.05) is 5.25 Å². The predicted octanol–water partition coefficient (Wildman–Crippen LogP) is 4.85. The van der Waals surface area contributed by atoms with Crippen LogP contribution < -0.4 is 0 Å². The highest BCUT2D eigenvalue weighted by atomic mass is 32.2. The minimum Gasteiger partial charge on any atom is -0.165 e. The minimum absolute atomic E-state index is 0.362. The monoisotopic (exact) mass is 288 g/mol. The van der Waals surface area contributed by atoms with Crippen molar-refractivity contribution in [2.24, 2.45) is 0 Å². The van der Waals surface area contributed by atoms with E-state index in [0.717, 1.165) is 12.8 Å². The van der Waals surface area contributed by atoms with E-state index in [1.165, 1.54) is 11.1 Å². The molecular weight excluding hydrogens is 268 g/mol. The highest BCUT2D eigenvalue weighted by Gasteiger charge is 2.11. The Labute approximate surface area is 126 Å². The molecule has 0 saturated carbocycles. The van der Waals surface area contributed by atoms with Crippen molar-refractivity contribution in [2.45, 2.75) is 29.6 Å². The van der Waals surface area contributed by atoms with Crippen LogP contribution in [0.15, 0.2) is 60.7 Å². The van der Waals surface area contributed by atoms with Crippen LogP contribution in [-0.4, -0.2) is 9.83 Å². The molecule has 2 aromatic rings. The summed E-state index contributed by atoms with van der Waals surface area (Å²) in [5, 5.41) is 0.591. The summed E-state index contributed by atoms with van der Waals surface area (Å²) in [7, 11) is 0.